The molecule has 0 amide bonds. The van der Waals surface area contributed by atoms with Crippen LogP contribution in [-0.4, -0.2) is 56.2 Å². The molecule has 0 spiro atoms. The number of fused-ring (bicyclic) bond motifs is 1. The van der Waals surface area contributed by atoms with Crippen molar-refractivity contribution in [1.82, 2.24) is 29.0 Å². The fourth-order valence-corrected chi connectivity index (χ4v) is 3.41. The van der Waals surface area contributed by atoms with Crippen LogP contribution in [-0.2, 0) is 15.6 Å². The largest absolute Gasteiger partial charge is 0.346 e. The molecule has 4 heterocycles. The van der Waals surface area contributed by atoms with E-state index < -0.39 is 40.7 Å². The predicted octanol–water partition coefficient (Wildman–Crippen LogP) is 1.10. The van der Waals surface area contributed by atoms with Crippen LogP contribution < -0.4 is 0 Å². The highest BCUT2D eigenvalue weighted by Gasteiger charge is 2.49. The summed E-state index contributed by atoms with van der Waals surface area (Å²) in [6.07, 6.45) is 4.77. The SMILES string of the molecule is [2H]C1([2H])N(S(=O)(=O)C([2H])([2H])C)C([2H])([2H])C1(CC#N)n1cc(-c2ncnc3[nH]ccc23)cn1. The smallest absolute Gasteiger partial charge is 0.213 e. The number of sulfonamides is 1. The van der Waals surface area contributed by atoms with Crippen LogP contribution in [0.15, 0.2) is 31.0 Å². The molecule has 3 aromatic rings. The van der Waals surface area contributed by atoms with Crippen LogP contribution in [0, 0.1) is 11.3 Å². The van der Waals surface area contributed by atoms with Crippen molar-refractivity contribution in [3.8, 4) is 17.3 Å². The molecule has 9 nitrogen and oxygen atoms in total. The van der Waals surface area contributed by atoms with Gasteiger partial charge in [0.15, 0.2) is 0 Å². The summed E-state index contributed by atoms with van der Waals surface area (Å²) in [5.41, 5.74) is -4.01. The van der Waals surface area contributed by atoms with Gasteiger partial charge in [-0.05, 0) is 13.0 Å². The number of aromatic nitrogens is 5. The van der Waals surface area contributed by atoms with Gasteiger partial charge in [-0.2, -0.15) is 14.7 Å². The number of hydrogen-bond donors (Lipinski definition) is 1. The molecule has 1 N–H and O–H groups in total. The summed E-state index contributed by atoms with van der Waals surface area (Å²) in [6, 6.07) is 3.43. The lowest BCUT2D eigenvalue weighted by molar-refractivity contribution is 0.0719. The van der Waals surface area contributed by atoms with Crippen LogP contribution >= 0.6 is 0 Å². The van der Waals surface area contributed by atoms with Crippen LogP contribution in [0.3, 0.4) is 0 Å². The van der Waals surface area contributed by atoms with E-state index in [1.807, 2.05) is 0 Å². The quantitative estimate of drug-likeness (QED) is 0.711. The van der Waals surface area contributed by atoms with Crippen LogP contribution in [0.5, 0.6) is 0 Å². The first-order valence-electron chi connectivity index (χ1n) is 10.5. The van der Waals surface area contributed by atoms with Gasteiger partial charge < -0.3 is 4.98 Å². The van der Waals surface area contributed by atoms with Gasteiger partial charge in [0, 0.05) is 44.6 Å². The zero-order valence-corrected chi connectivity index (χ0v) is 14.3. The maximum absolute atomic E-state index is 12.7. The summed E-state index contributed by atoms with van der Waals surface area (Å²) in [7, 11) is -5.08. The molecule has 26 heavy (non-hydrogen) atoms. The molecule has 134 valence electrons. The Kier molecular flexibility index (Phi) is 2.51. The van der Waals surface area contributed by atoms with E-state index in [1.54, 1.807) is 18.3 Å². The monoisotopic (exact) mass is 377 g/mol. The van der Waals surface area contributed by atoms with Gasteiger partial charge in [0.2, 0.25) is 10.0 Å². The third-order valence-corrected chi connectivity index (χ3v) is 5.19. The maximum Gasteiger partial charge on any atom is 0.213 e. The predicted molar refractivity (Wildman–Crippen MR) is 94.3 cm³/mol. The maximum atomic E-state index is 12.7. The third-order valence-electron chi connectivity index (χ3n) is 4.01. The second-order valence-corrected chi connectivity index (χ2v) is 7.25. The Morgan fingerprint density at radius 2 is 2.31 bits per heavy atom. The van der Waals surface area contributed by atoms with Gasteiger partial charge in [0.05, 0.1) is 30.1 Å². The van der Waals surface area contributed by atoms with Crippen molar-refractivity contribution in [3.05, 3.63) is 31.0 Å². The molecule has 0 atom stereocenters. The van der Waals surface area contributed by atoms with E-state index in [0.717, 1.165) is 4.68 Å². The molecule has 1 aliphatic heterocycles. The fourth-order valence-electron chi connectivity index (χ4n) is 2.68. The van der Waals surface area contributed by atoms with Crippen molar-refractivity contribution >= 4 is 21.1 Å². The van der Waals surface area contributed by atoms with Crippen molar-refractivity contribution in [2.75, 3.05) is 18.7 Å². The second kappa shape index (κ2) is 5.89. The molecular formula is C16H17N7O2S. The van der Waals surface area contributed by atoms with E-state index in [2.05, 4.69) is 20.1 Å². The highest BCUT2D eigenvalue weighted by molar-refractivity contribution is 7.89. The first-order valence-corrected chi connectivity index (χ1v) is 8.93. The van der Waals surface area contributed by atoms with Gasteiger partial charge in [0.1, 0.15) is 17.5 Å². The number of aromatic amines is 1. The summed E-state index contributed by atoms with van der Waals surface area (Å²) in [6.45, 7) is -5.32. The van der Waals surface area contributed by atoms with Crippen molar-refractivity contribution in [2.45, 2.75) is 18.9 Å². The van der Waals surface area contributed by atoms with Gasteiger partial charge in [-0.1, -0.05) is 0 Å². The minimum atomic E-state index is -5.08. The number of nitrogens with one attached hydrogen (secondary N) is 1. The van der Waals surface area contributed by atoms with Gasteiger partial charge in [-0.25, -0.2) is 18.4 Å². The number of hydrogen-bond acceptors (Lipinski definition) is 6. The van der Waals surface area contributed by atoms with E-state index in [1.165, 1.54) is 18.7 Å². The minimum Gasteiger partial charge on any atom is -0.346 e. The molecule has 10 heteroatoms. The Morgan fingerprint density at radius 1 is 1.50 bits per heavy atom. The van der Waals surface area contributed by atoms with E-state index >= 15 is 0 Å². The van der Waals surface area contributed by atoms with Crippen molar-refractivity contribution < 1.29 is 16.6 Å². The summed E-state index contributed by atoms with van der Waals surface area (Å²) in [5, 5.41) is 14.1. The van der Waals surface area contributed by atoms with E-state index in [9.17, 15) is 13.7 Å². The Balaban J connectivity index is 1.88. The summed E-state index contributed by atoms with van der Waals surface area (Å²) in [4.78, 5) is 11.2. The van der Waals surface area contributed by atoms with Gasteiger partial charge in [0.25, 0.3) is 0 Å². The average molecular weight is 377 g/mol. The first kappa shape index (κ1) is 11.1. The third kappa shape index (κ3) is 2.48. The highest BCUT2D eigenvalue weighted by Crippen LogP contribution is 2.35. The molecule has 0 unspecified atom stereocenters. The lowest BCUT2D eigenvalue weighted by Crippen LogP contribution is -2.64. The van der Waals surface area contributed by atoms with Gasteiger partial charge in [-0.15, -0.1) is 0 Å². The fraction of sp³-hybridized carbons (Fsp3) is 0.375. The summed E-state index contributed by atoms with van der Waals surface area (Å²) >= 11 is 0. The molecule has 1 saturated heterocycles. The molecule has 1 fully saturated rings. The van der Waals surface area contributed by atoms with Crippen molar-refractivity contribution in [1.29, 1.82) is 5.26 Å². The van der Waals surface area contributed by atoms with E-state index in [4.69, 9.17) is 8.22 Å². The molecule has 3 aromatic heterocycles. The van der Waals surface area contributed by atoms with Crippen molar-refractivity contribution in [2.24, 2.45) is 0 Å². The molecule has 0 saturated carbocycles. The lowest BCUT2D eigenvalue weighted by Gasteiger charge is -2.47. The number of nitrogens with zero attached hydrogens (tertiary/aromatic N) is 6. The zero-order chi connectivity index (χ0) is 23.7. The topological polar surface area (TPSA) is 121 Å². The second-order valence-electron chi connectivity index (χ2n) is 5.53. The van der Waals surface area contributed by atoms with Gasteiger partial charge >= 0.3 is 0 Å². The first-order chi connectivity index (χ1) is 14.7. The molecule has 0 aliphatic carbocycles. The van der Waals surface area contributed by atoms with E-state index in [0.29, 0.717) is 29.2 Å². The number of rotatable bonds is 5. The summed E-state index contributed by atoms with van der Waals surface area (Å²) in [5.74, 6) is 0. The Hall–Kier alpha value is -2.77. The molecular weight excluding hydrogens is 354 g/mol. The normalized spacial score (nSPS) is 24.9. The van der Waals surface area contributed by atoms with Crippen molar-refractivity contribution in [3.63, 3.8) is 0 Å². The van der Waals surface area contributed by atoms with Crippen LogP contribution in [0.1, 0.15) is 21.6 Å². The molecule has 0 radical (unpaired) electrons. The van der Waals surface area contributed by atoms with Crippen LogP contribution in [0.4, 0.5) is 0 Å². The Morgan fingerprint density at radius 3 is 3.04 bits per heavy atom. The number of nitriles is 1. The Bertz CT molecular complexity index is 1340. The highest BCUT2D eigenvalue weighted by atomic mass is 32.2. The molecule has 0 bridgehead atoms. The van der Waals surface area contributed by atoms with E-state index in [-0.39, 0.29) is 4.31 Å². The molecule has 1 aliphatic rings. The molecule has 0 aromatic carbocycles. The minimum absolute atomic E-state index is 0.152. The van der Waals surface area contributed by atoms with Gasteiger partial charge in [-0.3, -0.25) is 4.68 Å². The zero-order valence-electron chi connectivity index (χ0n) is 19.5. The Labute approximate surface area is 158 Å². The summed E-state index contributed by atoms with van der Waals surface area (Å²) < 4.78 is 75.0. The standard InChI is InChI=1S/C16H17N7O2S/c1-2-26(24,25)22-9-16(10-22,4-5-17)23-8-12(7-21-23)14-13-3-6-18-15(13)20-11-19-14/h3,6-8,11H,2,4,9-10H2,1H3,(H,18,19,20)/i2D2,9D2,10D2. The van der Waals surface area contributed by atoms with Crippen LogP contribution in [0.25, 0.3) is 22.3 Å². The number of H-pyrrole nitrogens is 1. The lowest BCUT2D eigenvalue weighted by atomic mass is 9.89. The van der Waals surface area contributed by atoms with Crippen LogP contribution in [0.2, 0.25) is 0 Å². The molecule has 4 rings (SSSR count). The average Bonchev–Trinajstić information content (AvgIpc) is 3.33.